The molecule has 1 aliphatic rings. The third kappa shape index (κ3) is 2.57. The molecule has 4 nitrogen and oxygen atoms in total. The van der Waals surface area contributed by atoms with Gasteiger partial charge in [0.2, 0.25) is 0 Å². The van der Waals surface area contributed by atoms with Gasteiger partial charge in [0.1, 0.15) is 23.2 Å². The molecule has 6 heteroatoms. The molecule has 1 aromatic rings. The molecule has 0 bridgehead atoms. The van der Waals surface area contributed by atoms with Crippen LogP contribution in [-0.2, 0) is 4.79 Å². The topological polar surface area (TPSA) is 57.6 Å². The molecule has 0 aromatic heterocycles. The van der Waals surface area contributed by atoms with E-state index in [2.05, 4.69) is 0 Å². The average Bonchev–Trinajstić information content (AvgIpc) is 2.38. The number of piperidine rings is 1. The number of benzene rings is 1. The summed E-state index contributed by atoms with van der Waals surface area (Å²) in [6.07, 6.45) is 1.61. The number of hydrogen-bond acceptors (Lipinski definition) is 2. The molecule has 0 radical (unpaired) electrons. The zero-order valence-electron chi connectivity index (χ0n) is 10.1. The highest BCUT2D eigenvalue weighted by Gasteiger charge is 2.34. The Kier molecular flexibility index (Phi) is 3.78. The van der Waals surface area contributed by atoms with Crippen LogP contribution in [0.15, 0.2) is 18.2 Å². The standard InChI is InChI=1S/C13H13F2NO3/c14-8-4-3-5-9(15)11(8)12(17)16-7-2-1-6-10(16)13(18)19/h3-5,10H,1-2,6-7H2,(H,18,19)/t10-/m1/s1. The molecule has 19 heavy (non-hydrogen) atoms. The van der Waals surface area contributed by atoms with E-state index in [1.54, 1.807) is 0 Å². The van der Waals surface area contributed by atoms with Crippen molar-refractivity contribution >= 4 is 11.9 Å². The highest BCUT2D eigenvalue weighted by molar-refractivity contribution is 5.97. The molecule has 1 atom stereocenters. The van der Waals surface area contributed by atoms with Crippen LogP contribution in [0.4, 0.5) is 8.78 Å². The van der Waals surface area contributed by atoms with Gasteiger partial charge in [-0.25, -0.2) is 13.6 Å². The van der Waals surface area contributed by atoms with E-state index >= 15 is 0 Å². The van der Waals surface area contributed by atoms with Crippen LogP contribution in [0.1, 0.15) is 29.6 Å². The third-order valence-electron chi connectivity index (χ3n) is 3.23. The molecule has 1 aromatic carbocycles. The Balaban J connectivity index is 2.34. The van der Waals surface area contributed by atoms with Crippen molar-refractivity contribution in [3.63, 3.8) is 0 Å². The second-order valence-electron chi connectivity index (χ2n) is 4.45. The third-order valence-corrected chi connectivity index (χ3v) is 3.23. The Labute approximate surface area is 108 Å². The van der Waals surface area contributed by atoms with Gasteiger partial charge in [-0.05, 0) is 31.4 Å². The molecule has 0 unspecified atom stereocenters. The SMILES string of the molecule is O=C(O)[C@H]1CCCCN1C(=O)c1c(F)cccc1F. The van der Waals surface area contributed by atoms with Gasteiger partial charge in [-0.1, -0.05) is 6.07 Å². The monoisotopic (exact) mass is 269 g/mol. The summed E-state index contributed by atoms with van der Waals surface area (Å²) in [5.74, 6) is -3.99. The molecule has 0 aliphatic carbocycles. The number of rotatable bonds is 2. The molecule has 1 heterocycles. The van der Waals surface area contributed by atoms with Crippen molar-refractivity contribution in [1.29, 1.82) is 0 Å². The van der Waals surface area contributed by atoms with E-state index in [0.717, 1.165) is 23.1 Å². The first-order valence-corrected chi connectivity index (χ1v) is 6.00. The van der Waals surface area contributed by atoms with Gasteiger partial charge in [0.25, 0.3) is 5.91 Å². The van der Waals surface area contributed by atoms with E-state index in [1.807, 2.05) is 0 Å². The van der Waals surface area contributed by atoms with Crippen LogP contribution in [0.2, 0.25) is 0 Å². The van der Waals surface area contributed by atoms with E-state index < -0.39 is 35.1 Å². The average molecular weight is 269 g/mol. The van der Waals surface area contributed by atoms with Gasteiger partial charge in [-0.2, -0.15) is 0 Å². The number of amides is 1. The van der Waals surface area contributed by atoms with Crippen LogP contribution < -0.4 is 0 Å². The van der Waals surface area contributed by atoms with Gasteiger partial charge < -0.3 is 10.0 Å². The van der Waals surface area contributed by atoms with Crippen LogP contribution in [0.5, 0.6) is 0 Å². The van der Waals surface area contributed by atoms with Crippen molar-refractivity contribution in [2.75, 3.05) is 6.54 Å². The number of nitrogens with zero attached hydrogens (tertiary/aromatic N) is 1. The minimum Gasteiger partial charge on any atom is -0.480 e. The Morgan fingerprint density at radius 3 is 2.42 bits per heavy atom. The minimum atomic E-state index is -1.15. The summed E-state index contributed by atoms with van der Waals surface area (Å²) in [6.45, 7) is 0.198. The maximum Gasteiger partial charge on any atom is 0.326 e. The summed E-state index contributed by atoms with van der Waals surface area (Å²) in [5, 5.41) is 9.06. The van der Waals surface area contributed by atoms with Gasteiger partial charge in [0.15, 0.2) is 0 Å². The van der Waals surface area contributed by atoms with E-state index in [4.69, 9.17) is 5.11 Å². The minimum absolute atomic E-state index is 0.198. The predicted octanol–water partition coefficient (Wildman–Crippen LogP) is 2.04. The van der Waals surface area contributed by atoms with Crippen LogP contribution in [0, 0.1) is 11.6 Å². The van der Waals surface area contributed by atoms with Gasteiger partial charge in [0, 0.05) is 6.54 Å². The molecule has 1 fully saturated rings. The highest BCUT2D eigenvalue weighted by Crippen LogP contribution is 2.22. The van der Waals surface area contributed by atoms with Crippen LogP contribution in [-0.4, -0.2) is 34.5 Å². The molecular weight excluding hydrogens is 256 g/mol. The van der Waals surface area contributed by atoms with E-state index in [-0.39, 0.29) is 6.54 Å². The van der Waals surface area contributed by atoms with Crippen molar-refractivity contribution < 1.29 is 23.5 Å². The van der Waals surface area contributed by atoms with Crippen molar-refractivity contribution in [3.05, 3.63) is 35.4 Å². The lowest BCUT2D eigenvalue weighted by Gasteiger charge is -2.33. The summed E-state index contributed by atoms with van der Waals surface area (Å²) in [7, 11) is 0. The zero-order valence-corrected chi connectivity index (χ0v) is 10.1. The summed E-state index contributed by atoms with van der Waals surface area (Å²) in [5.41, 5.74) is -0.685. The molecular formula is C13H13F2NO3. The largest absolute Gasteiger partial charge is 0.480 e. The van der Waals surface area contributed by atoms with Crippen LogP contribution >= 0.6 is 0 Å². The Hall–Kier alpha value is -1.98. The number of carbonyl (C=O) groups excluding carboxylic acids is 1. The molecule has 1 N–H and O–H groups in total. The number of carboxylic acid groups (broad SMARTS) is 1. The number of halogens is 2. The first-order chi connectivity index (χ1) is 9.02. The fraction of sp³-hybridized carbons (Fsp3) is 0.385. The van der Waals surface area contributed by atoms with Crippen LogP contribution in [0.3, 0.4) is 0 Å². The zero-order chi connectivity index (χ0) is 14.0. The molecule has 2 rings (SSSR count). The number of aliphatic carboxylic acids is 1. The summed E-state index contributed by atoms with van der Waals surface area (Å²) in [4.78, 5) is 24.3. The highest BCUT2D eigenvalue weighted by atomic mass is 19.1. The van der Waals surface area contributed by atoms with Crippen LogP contribution in [0.25, 0.3) is 0 Å². The summed E-state index contributed by atoms with van der Waals surface area (Å²) in [6, 6.07) is 2.11. The van der Waals surface area contributed by atoms with Gasteiger partial charge >= 0.3 is 5.97 Å². The number of carboxylic acids is 1. The Bertz CT molecular complexity index is 498. The maximum atomic E-state index is 13.5. The lowest BCUT2D eigenvalue weighted by molar-refractivity contribution is -0.143. The van der Waals surface area contributed by atoms with Gasteiger partial charge in [-0.15, -0.1) is 0 Å². The van der Waals surface area contributed by atoms with Crippen molar-refractivity contribution in [1.82, 2.24) is 4.90 Å². The fourth-order valence-electron chi connectivity index (χ4n) is 2.28. The molecule has 0 spiro atoms. The maximum absolute atomic E-state index is 13.5. The van der Waals surface area contributed by atoms with E-state index in [9.17, 15) is 18.4 Å². The number of carbonyl (C=O) groups is 2. The summed E-state index contributed by atoms with van der Waals surface area (Å²) >= 11 is 0. The molecule has 1 saturated heterocycles. The first-order valence-electron chi connectivity index (χ1n) is 6.00. The smallest absolute Gasteiger partial charge is 0.326 e. The quantitative estimate of drug-likeness (QED) is 0.893. The predicted molar refractivity (Wildman–Crippen MR) is 62.7 cm³/mol. The normalized spacial score (nSPS) is 19.3. The van der Waals surface area contributed by atoms with Crippen molar-refractivity contribution in [3.8, 4) is 0 Å². The first kappa shape index (κ1) is 13.5. The molecule has 1 amide bonds. The van der Waals surface area contributed by atoms with Gasteiger partial charge in [0.05, 0.1) is 0 Å². The molecule has 1 aliphatic heterocycles. The number of likely N-dealkylation sites (tertiary alicyclic amines) is 1. The summed E-state index contributed by atoms with van der Waals surface area (Å²) < 4.78 is 27.1. The second-order valence-corrected chi connectivity index (χ2v) is 4.45. The number of hydrogen-bond donors (Lipinski definition) is 1. The van der Waals surface area contributed by atoms with Crippen molar-refractivity contribution in [2.45, 2.75) is 25.3 Å². The lowest BCUT2D eigenvalue weighted by Crippen LogP contribution is -2.48. The molecule has 0 saturated carbocycles. The van der Waals surface area contributed by atoms with E-state index in [1.165, 1.54) is 0 Å². The Morgan fingerprint density at radius 1 is 1.21 bits per heavy atom. The van der Waals surface area contributed by atoms with E-state index in [0.29, 0.717) is 19.3 Å². The molecule has 102 valence electrons. The fourth-order valence-corrected chi connectivity index (χ4v) is 2.28. The Morgan fingerprint density at radius 2 is 1.84 bits per heavy atom. The van der Waals surface area contributed by atoms with Gasteiger partial charge in [-0.3, -0.25) is 4.79 Å². The second kappa shape index (κ2) is 5.34. The lowest BCUT2D eigenvalue weighted by atomic mass is 10.0. The van der Waals surface area contributed by atoms with Crippen molar-refractivity contribution in [2.24, 2.45) is 0 Å².